The van der Waals surface area contributed by atoms with Crippen LogP contribution in [0, 0.1) is 0 Å². The SMILES string of the molecule is Nc1ccc2c(c1)Oc1cc(N)ccc1C2CC1c2ccc(N)cc2Oc2cc(N)ccc21. The van der Waals surface area contributed by atoms with Crippen LogP contribution in [-0.4, -0.2) is 0 Å². The van der Waals surface area contributed by atoms with Gasteiger partial charge in [-0.1, -0.05) is 24.3 Å². The molecule has 0 amide bonds. The van der Waals surface area contributed by atoms with Crippen LogP contribution < -0.4 is 32.4 Å². The Balaban J connectivity index is 1.52. The van der Waals surface area contributed by atoms with E-state index in [9.17, 15) is 0 Å². The predicted molar refractivity (Wildman–Crippen MR) is 132 cm³/mol. The lowest BCUT2D eigenvalue weighted by atomic mass is 9.75. The van der Waals surface area contributed by atoms with Crippen molar-refractivity contribution in [1.82, 2.24) is 0 Å². The molecule has 0 aliphatic carbocycles. The van der Waals surface area contributed by atoms with Crippen molar-refractivity contribution in [2.24, 2.45) is 0 Å². The highest BCUT2D eigenvalue weighted by Gasteiger charge is 2.35. The van der Waals surface area contributed by atoms with Crippen LogP contribution in [-0.2, 0) is 0 Å². The molecule has 2 aliphatic heterocycles. The molecule has 0 radical (unpaired) electrons. The van der Waals surface area contributed by atoms with Gasteiger partial charge < -0.3 is 32.4 Å². The van der Waals surface area contributed by atoms with E-state index in [2.05, 4.69) is 24.3 Å². The normalized spacial score (nSPS) is 14.3. The van der Waals surface area contributed by atoms with Gasteiger partial charge in [0, 0.05) is 81.1 Å². The molecule has 2 aliphatic rings. The van der Waals surface area contributed by atoms with Crippen molar-refractivity contribution in [3.8, 4) is 23.0 Å². The number of benzene rings is 4. The summed E-state index contributed by atoms with van der Waals surface area (Å²) in [7, 11) is 0. The second kappa shape index (κ2) is 7.10. The maximum atomic E-state index is 6.21. The van der Waals surface area contributed by atoms with Crippen molar-refractivity contribution in [1.29, 1.82) is 0 Å². The number of nitrogens with two attached hydrogens (primary N) is 4. The average Bonchev–Trinajstić information content (AvgIpc) is 2.77. The molecule has 164 valence electrons. The van der Waals surface area contributed by atoms with Crippen LogP contribution in [0.2, 0.25) is 0 Å². The van der Waals surface area contributed by atoms with E-state index in [0.29, 0.717) is 22.7 Å². The summed E-state index contributed by atoms with van der Waals surface area (Å²) in [6.07, 6.45) is 0.800. The molecular formula is C27H24N4O2. The molecule has 6 heteroatoms. The third-order valence-electron chi connectivity index (χ3n) is 6.56. The van der Waals surface area contributed by atoms with Gasteiger partial charge >= 0.3 is 0 Å². The van der Waals surface area contributed by atoms with Gasteiger partial charge in [-0.3, -0.25) is 0 Å². The molecule has 0 atom stereocenters. The van der Waals surface area contributed by atoms with Crippen LogP contribution in [0.3, 0.4) is 0 Å². The highest BCUT2D eigenvalue weighted by molar-refractivity contribution is 5.64. The lowest BCUT2D eigenvalue weighted by Crippen LogP contribution is -2.18. The smallest absolute Gasteiger partial charge is 0.133 e. The molecular weight excluding hydrogens is 412 g/mol. The van der Waals surface area contributed by atoms with Crippen molar-refractivity contribution in [3.05, 3.63) is 95.1 Å². The third-order valence-corrected chi connectivity index (χ3v) is 6.56. The van der Waals surface area contributed by atoms with Gasteiger partial charge in [0.2, 0.25) is 0 Å². The van der Waals surface area contributed by atoms with Crippen molar-refractivity contribution in [2.45, 2.75) is 18.3 Å². The number of hydrogen-bond donors (Lipinski definition) is 4. The lowest BCUT2D eigenvalue weighted by Gasteiger charge is -2.34. The minimum Gasteiger partial charge on any atom is -0.457 e. The molecule has 0 saturated carbocycles. The van der Waals surface area contributed by atoms with E-state index < -0.39 is 0 Å². The zero-order valence-corrected chi connectivity index (χ0v) is 17.9. The highest BCUT2D eigenvalue weighted by Crippen LogP contribution is 2.54. The Morgan fingerprint density at radius 3 is 1.00 bits per heavy atom. The summed E-state index contributed by atoms with van der Waals surface area (Å²) >= 11 is 0. The predicted octanol–water partition coefficient (Wildman–Crippen LogP) is 5.58. The fourth-order valence-corrected chi connectivity index (χ4v) is 5.02. The second-order valence-electron chi connectivity index (χ2n) is 8.73. The summed E-state index contributed by atoms with van der Waals surface area (Å²) in [5.41, 5.74) is 31.3. The van der Waals surface area contributed by atoms with Crippen molar-refractivity contribution in [2.75, 3.05) is 22.9 Å². The third kappa shape index (κ3) is 3.19. The van der Waals surface area contributed by atoms with Crippen LogP contribution in [0.15, 0.2) is 72.8 Å². The number of nitrogen functional groups attached to an aromatic ring is 4. The number of ether oxygens (including phenoxy) is 2. The molecule has 0 bridgehead atoms. The first-order valence-corrected chi connectivity index (χ1v) is 10.9. The Labute approximate surface area is 191 Å². The molecule has 0 saturated heterocycles. The topological polar surface area (TPSA) is 123 Å². The summed E-state index contributed by atoms with van der Waals surface area (Å²) in [5.74, 6) is 3.20. The lowest BCUT2D eigenvalue weighted by molar-refractivity contribution is 0.419. The van der Waals surface area contributed by atoms with E-state index in [1.807, 2.05) is 48.5 Å². The largest absolute Gasteiger partial charge is 0.457 e. The second-order valence-corrected chi connectivity index (χ2v) is 8.73. The van der Waals surface area contributed by atoms with E-state index in [1.54, 1.807) is 0 Å². The zero-order chi connectivity index (χ0) is 22.7. The molecule has 6 nitrogen and oxygen atoms in total. The minimum atomic E-state index is 0.0730. The Kier molecular flexibility index (Phi) is 4.17. The first kappa shape index (κ1) is 19.4. The molecule has 0 aromatic heterocycles. The molecule has 2 heterocycles. The molecule has 6 rings (SSSR count). The average molecular weight is 437 g/mol. The Morgan fingerprint density at radius 1 is 0.455 bits per heavy atom. The maximum Gasteiger partial charge on any atom is 0.133 e. The fourth-order valence-electron chi connectivity index (χ4n) is 5.02. The maximum absolute atomic E-state index is 6.21. The van der Waals surface area contributed by atoms with Crippen LogP contribution in [0.5, 0.6) is 23.0 Å². The van der Waals surface area contributed by atoms with E-state index in [4.69, 9.17) is 32.4 Å². The van der Waals surface area contributed by atoms with Gasteiger partial charge in [0.1, 0.15) is 23.0 Å². The number of fused-ring (bicyclic) bond motifs is 4. The first-order valence-electron chi connectivity index (χ1n) is 10.9. The summed E-state index contributed by atoms with van der Waals surface area (Å²) in [6, 6.07) is 23.4. The van der Waals surface area contributed by atoms with Crippen molar-refractivity contribution in [3.63, 3.8) is 0 Å². The standard InChI is InChI=1S/C27H24N4O2/c28-14-1-5-18-22(19-6-2-15(29)10-25(19)32-24(18)9-14)13-23-20-7-3-16(30)11-26(20)33-27-12-17(31)4-8-21(23)27/h1-12,22-23H,13,28-31H2. The van der Waals surface area contributed by atoms with Crippen molar-refractivity contribution < 1.29 is 9.47 Å². The zero-order valence-electron chi connectivity index (χ0n) is 17.9. The van der Waals surface area contributed by atoms with Gasteiger partial charge in [0.25, 0.3) is 0 Å². The summed E-state index contributed by atoms with van der Waals surface area (Å²) in [5, 5.41) is 0. The molecule has 4 aromatic rings. The number of rotatable bonds is 2. The van der Waals surface area contributed by atoms with Gasteiger partial charge in [-0.15, -0.1) is 0 Å². The molecule has 0 spiro atoms. The Hall–Kier alpha value is -4.32. The van der Waals surface area contributed by atoms with Gasteiger partial charge in [-0.05, 0) is 30.7 Å². The van der Waals surface area contributed by atoms with E-state index in [1.165, 1.54) is 0 Å². The number of anilines is 4. The van der Waals surface area contributed by atoms with Gasteiger partial charge in [-0.25, -0.2) is 0 Å². The molecule has 0 fully saturated rings. The quantitative estimate of drug-likeness (QED) is 0.304. The van der Waals surface area contributed by atoms with Gasteiger partial charge in [0.15, 0.2) is 0 Å². The fraction of sp³-hybridized carbons (Fsp3) is 0.111. The van der Waals surface area contributed by atoms with Crippen LogP contribution >= 0.6 is 0 Å². The summed E-state index contributed by atoms with van der Waals surface area (Å²) in [6.45, 7) is 0. The van der Waals surface area contributed by atoms with E-state index in [-0.39, 0.29) is 11.8 Å². The first-order chi connectivity index (χ1) is 16.0. The van der Waals surface area contributed by atoms with Crippen LogP contribution in [0.1, 0.15) is 40.5 Å². The van der Waals surface area contributed by atoms with E-state index in [0.717, 1.165) is 51.7 Å². The Bertz CT molecular complexity index is 1210. The molecule has 33 heavy (non-hydrogen) atoms. The molecule has 8 N–H and O–H groups in total. The highest BCUT2D eigenvalue weighted by atomic mass is 16.5. The molecule has 0 unspecified atom stereocenters. The molecule has 4 aromatic carbocycles. The van der Waals surface area contributed by atoms with Gasteiger partial charge in [0.05, 0.1) is 0 Å². The summed E-state index contributed by atoms with van der Waals surface area (Å²) in [4.78, 5) is 0. The van der Waals surface area contributed by atoms with Gasteiger partial charge in [-0.2, -0.15) is 0 Å². The summed E-state index contributed by atoms with van der Waals surface area (Å²) < 4.78 is 12.4. The van der Waals surface area contributed by atoms with Crippen LogP contribution in [0.25, 0.3) is 0 Å². The Morgan fingerprint density at radius 2 is 0.727 bits per heavy atom. The minimum absolute atomic E-state index is 0.0730. The van der Waals surface area contributed by atoms with Crippen LogP contribution in [0.4, 0.5) is 22.7 Å². The van der Waals surface area contributed by atoms with E-state index >= 15 is 0 Å². The van der Waals surface area contributed by atoms with Crippen molar-refractivity contribution >= 4 is 22.7 Å². The monoisotopic (exact) mass is 436 g/mol. The number of hydrogen-bond acceptors (Lipinski definition) is 6.